The van der Waals surface area contributed by atoms with E-state index < -0.39 is 9.84 Å². The summed E-state index contributed by atoms with van der Waals surface area (Å²) in [5, 5.41) is 3.54. The molecule has 2 amide bonds. The van der Waals surface area contributed by atoms with Crippen LogP contribution >= 0.6 is 11.6 Å². The average Bonchev–Trinajstić information content (AvgIpc) is 2.57. The summed E-state index contributed by atoms with van der Waals surface area (Å²) in [6.45, 7) is 4.87. The highest BCUT2D eigenvalue weighted by Gasteiger charge is 2.26. The molecule has 0 aromatic heterocycles. The summed E-state index contributed by atoms with van der Waals surface area (Å²) in [5.41, 5.74) is 1.92. The third kappa shape index (κ3) is 4.61. The fraction of sp³-hybridized carbons (Fsp3) is 0.533. The van der Waals surface area contributed by atoms with Crippen molar-refractivity contribution in [3.05, 3.63) is 34.3 Å². The van der Waals surface area contributed by atoms with Crippen LogP contribution in [-0.2, 0) is 16.4 Å². The van der Waals surface area contributed by atoms with Crippen molar-refractivity contribution in [2.45, 2.75) is 20.4 Å². The minimum absolute atomic E-state index is 0.0326. The molecule has 0 unspecified atom stereocenters. The van der Waals surface area contributed by atoms with Gasteiger partial charge in [0.1, 0.15) is 0 Å². The minimum Gasteiger partial charge on any atom is -0.334 e. The second kappa shape index (κ2) is 6.87. The SMILES string of the molecule is Cc1cc(CNC(=O)N2CCS(=O)(=O)C[C@@H](C)C2)ccc1Cl. The quantitative estimate of drug-likeness (QED) is 0.894. The van der Waals surface area contributed by atoms with Gasteiger partial charge in [-0.2, -0.15) is 0 Å². The summed E-state index contributed by atoms with van der Waals surface area (Å²) < 4.78 is 23.5. The number of amides is 2. The molecule has 1 heterocycles. The summed E-state index contributed by atoms with van der Waals surface area (Å²) in [5.74, 6) is 0.133. The summed E-state index contributed by atoms with van der Waals surface area (Å²) >= 11 is 5.97. The van der Waals surface area contributed by atoms with Gasteiger partial charge in [-0.25, -0.2) is 13.2 Å². The molecule has 1 saturated heterocycles. The lowest BCUT2D eigenvalue weighted by Gasteiger charge is -2.22. The van der Waals surface area contributed by atoms with Crippen LogP contribution in [0.15, 0.2) is 18.2 Å². The second-order valence-corrected chi connectivity index (χ2v) is 8.54. The molecular weight excluding hydrogens is 324 g/mol. The molecule has 0 saturated carbocycles. The number of nitrogens with one attached hydrogen (secondary N) is 1. The van der Waals surface area contributed by atoms with Gasteiger partial charge < -0.3 is 10.2 Å². The number of hydrogen-bond acceptors (Lipinski definition) is 3. The Labute approximate surface area is 136 Å². The molecule has 122 valence electrons. The zero-order valence-electron chi connectivity index (χ0n) is 12.8. The predicted molar refractivity (Wildman–Crippen MR) is 87.8 cm³/mol. The number of sulfone groups is 1. The molecule has 0 spiro atoms. The number of nitrogens with zero attached hydrogens (tertiary/aromatic N) is 1. The van der Waals surface area contributed by atoms with Crippen molar-refractivity contribution in [3.63, 3.8) is 0 Å². The summed E-state index contributed by atoms with van der Waals surface area (Å²) in [7, 11) is -3.05. The number of halogens is 1. The van der Waals surface area contributed by atoms with E-state index in [2.05, 4.69) is 5.32 Å². The smallest absolute Gasteiger partial charge is 0.317 e. The van der Waals surface area contributed by atoms with Crippen molar-refractivity contribution in [3.8, 4) is 0 Å². The Kier molecular flexibility index (Phi) is 5.34. The lowest BCUT2D eigenvalue weighted by molar-refractivity contribution is 0.195. The van der Waals surface area contributed by atoms with Crippen LogP contribution in [0.1, 0.15) is 18.1 Å². The van der Waals surface area contributed by atoms with Crippen LogP contribution in [0, 0.1) is 12.8 Å². The van der Waals surface area contributed by atoms with E-state index in [1.807, 2.05) is 26.0 Å². The van der Waals surface area contributed by atoms with Crippen molar-refractivity contribution in [1.82, 2.24) is 10.2 Å². The van der Waals surface area contributed by atoms with Gasteiger partial charge in [-0.05, 0) is 30.0 Å². The zero-order chi connectivity index (χ0) is 16.3. The number of benzene rings is 1. The van der Waals surface area contributed by atoms with Crippen LogP contribution in [0.5, 0.6) is 0 Å². The first kappa shape index (κ1) is 17.1. The van der Waals surface area contributed by atoms with Crippen LogP contribution < -0.4 is 5.32 Å². The predicted octanol–water partition coefficient (Wildman–Crippen LogP) is 2.22. The molecule has 0 radical (unpaired) electrons. The Balaban J connectivity index is 1.95. The Bertz CT molecular complexity index is 661. The maximum Gasteiger partial charge on any atom is 0.317 e. The fourth-order valence-electron chi connectivity index (χ4n) is 2.58. The summed E-state index contributed by atoms with van der Waals surface area (Å²) in [4.78, 5) is 13.8. The first-order valence-electron chi connectivity index (χ1n) is 7.25. The van der Waals surface area contributed by atoms with E-state index in [4.69, 9.17) is 11.6 Å². The van der Waals surface area contributed by atoms with Crippen molar-refractivity contribution in [2.24, 2.45) is 5.92 Å². The molecule has 0 aliphatic carbocycles. The molecule has 1 atom stereocenters. The molecule has 22 heavy (non-hydrogen) atoms. The molecular formula is C15H21ClN2O3S. The maximum absolute atomic E-state index is 12.2. The van der Waals surface area contributed by atoms with Gasteiger partial charge in [0.25, 0.3) is 0 Å². The van der Waals surface area contributed by atoms with Gasteiger partial charge in [-0.3, -0.25) is 0 Å². The van der Waals surface area contributed by atoms with Crippen molar-refractivity contribution >= 4 is 27.5 Å². The zero-order valence-corrected chi connectivity index (χ0v) is 14.4. The first-order chi connectivity index (χ1) is 10.3. The van der Waals surface area contributed by atoms with Crippen LogP contribution in [0.4, 0.5) is 4.79 Å². The van der Waals surface area contributed by atoms with Crippen LogP contribution in [-0.4, -0.2) is 43.9 Å². The van der Waals surface area contributed by atoms with E-state index >= 15 is 0 Å². The largest absolute Gasteiger partial charge is 0.334 e. The number of carbonyl (C=O) groups is 1. The average molecular weight is 345 g/mol. The van der Waals surface area contributed by atoms with Crippen molar-refractivity contribution < 1.29 is 13.2 Å². The Morgan fingerprint density at radius 2 is 2.18 bits per heavy atom. The number of hydrogen-bond donors (Lipinski definition) is 1. The highest BCUT2D eigenvalue weighted by atomic mass is 35.5. The molecule has 5 nitrogen and oxygen atoms in total. The van der Waals surface area contributed by atoms with Gasteiger partial charge in [0.05, 0.1) is 11.5 Å². The van der Waals surface area contributed by atoms with Gasteiger partial charge in [0, 0.05) is 24.7 Å². The standard InChI is InChI=1S/C15H21ClN2O3S/c1-11-9-18(5-6-22(20,21)10-11)15(19)17-8-13-3-4-14(16)12(2)7-13/h3-4,7,11H,5-6,8-10H2,1-2H3,(H,17,19)/t11-/m0/s1. The normalized spacial score (nSPS) is 21.2. The molecule has 1 aliphatic rings. The second-order valence-electron chi connectivity index (χ2n) is 5.91. The van der Waals surface area contributed by atoms with Gasteiger partial charge in [-0.15, -0.1) is 0 Å². The van der Waals surface area contributed by atoms with Crippen LogP contribution in [0.3, 0.4) is 0 Å². The molecule has 2 rings (SSSR count). The molecule has 1 N–H and O–H groups in total. The van der Waals surface area contributed by atoms with Gasteiger partial charge in [0.2, 0.25) is 0 Å². The van der Waals surface area contributed by atoms with E-state index in [0.717, 1.165) is 11.1 Å². The Hall–Kier alpha value is -1.27. The molecule has 1 aromatic rings. The van der Waals surface area contributed by atoms with Crippen molar-refractivity contribution in [2.75, 3.05) is 24.6 Å². The molecule has 7 heteroatoms. The number of aryl methyl sites for hydroxylation is 1. The van der Waals surface area contributed by atoms with E-state index in [0.29, 0.717) is 18.1 Å². The summed E-state index contributed by atoms with van der Waals surface area (Å²) in [6.07, 6.45) is 0. The van der Waals surface area contributed by atoms with E-state index in [1.54, 1.807) is 11.0 Å². The van der Waals surface area contributed by atoms with E-state index in [9.17, 15) is 13.2 Å². The van der Waals surface area contributed by atoms with E-state index in [1.165, 1.54) is 0 Å². The number of rotatable bonds is 2. The Morgan fingerprint density at radius 1 is 1.45 bits per heavy atom. The fourth-order valence-corrected chi connectivity index (χ4v) is 4.33. The molecule has 1 aliphatic heterocycles. The molecule has 1 aromatic carbocycles. The molecule has 0 bridgehead atoms. The van der Waals surface area contributed by atoms with E-state index in [-0.39, 0.29) is 30.0 Å². The van der Waals surface area contributed by atoms with Gasteiger partial charge >= 0.3 is 6.03 Å². The highest BCUT2D eigenvalue weighted by molar-refractivity contribution is 7.91. The lowest BCUT2D eigenvalue weighted by atomic mass is 10.1. The monoisotopic (exact) mass is 344 g/mol. The number of urea groups is 1. The highest BCUT2D eigenvalue weighted by Crippen LogP contribution is 2.16. The molecule has 1 fully saturated rings. The minimum atomic E-state index is -3.05. The topological polar surface area (TPSA) is 66.5 Å². The lowest BCUT2D eigenvalue weighted by Crippen LogP contribution is -2.42. The first-order valence-corrected chi connectivity index (χ1v) is 9.45. The van der Waals surface area contributed by atoms with Crippen LogP contribution in [0.25, 0.3) is 0 Å². The maximum atomic E-state index is 12.2. The van der Waals surface area contributed by atoms with Gasteiger partial charge in [0.15, 0.2) is 9.84 Å². The summed E-state index contributed by atoms with van der Waals surface area (Å²) in [6, 6.07) is 5.37. The Morgan fingerprint density at radius 3 is 2.86 bits per heavy atom. The third-order valence-corrected chi connectivity index (χ3v) is 6.00. The number of carbonyl (C=O) groups excluding carboxylic acids is 1. The van der Waals surface area contributed by atoms with Crippen LogP contribution in [0.2, 0.25) is 5.02 Å². The van der Waals surface area contributed by atoms with Crippen molar-refractivity contribution in [1.29, 1.82) is 0 Å². The van der Waals surface area contributed by atoms with Gasteiger partial charge in [-0.1, -0.05) is 30.7 Å². The third-order valence-electron chi connectivity index (χ3n) is 3.70.